The third kappa shape index (κ3) is 3.79. The normalized spacial score (nSPS) is 10.4. The average molecular weight is 319 g/mol. The van der Waals surface area contributed by atoms with E-state index in [2.05, 4.69) is 5.32 Å². The first kappa shape index (κ1) is 15.7. The highest BCUT2D eigenvalue weighted by Crippen LogP contribution is 2.16. The van der Waals surface area contributed by atoms with Crippen LogP contribution in [0.25, 0.3) is 10.8 Å². The zero-order chi connectivity index (χ0) is 16.9. The van der Waals surface area contributed by atoms with Crippen LogP contribution in [-0.2, 0) is 9.53 Å². The summed E-state index contributed by atoms with van der Waals surface area (Å²) in [6.45, 7) is 1.62. The van der Waals surface area contributed by atoms with Gasteiger partial charge in [-0.25, -0.2) is 4.79 Å². The average Bonchev–Trinajstić information content (AvgIpc) is 2.59. The number of fused-ring (bicyclic) bond motifs is 1. The number of rotatable bonds is 4. The van der Waals surface area contributed by atoms with E-state index in [4.69, 9.17) is 4.74 Å². The number of carbonyl (C=O) groups excluding carboxylic acids is 2. The van der Waals surface area contributed by atoms with Gasteiger partial charge in [0.25, 0.3) is 5.91 Å². The molecule has 24 heavy (non-hydrogen) atoms. The fourth-order valence-electron chi connectivity index (χ4n) is 2.45. The van der Waals surface area contributed by atoms with Crippen LogP contribution in [0.2, 0.25) is 0 Å². The summed E-state index contributed by atoms with van der Waals surface area (Å²) in [6.07, 6.45) is 0. The molecule has 3 aromatic rings. The van der Waals surface area contributed by atoms with Gasteiger partial charge in [0.1, 0.15) is 0 Å². The maximum absolute atomic E-state index is 12.1. The maximum atomic E-state index is 12.1. The molecule has 0 bridgehead atoms. The Morgan fingerprint density at radius 3 is 2.50 bits per heavy atom. The second kappa shape index (κ2) is 6.96. The van der Waals surface area contributed by atoms with Gasteiger partial charge in [0, 0.05) is 5.69 Å². The number of amides is 1. The molecule has 0 saturated heterocycles. The van der Waals surface area contributed by atoms with Crippen molar-refractivity contribution in [2.24, 2.45) is 0 Å². The molecule has 0 saturated carbocycles. The predicted octanol–water partition coefficient (Wildman–Crippen LogP) is 3.94. The van der Waals surface area contributed by atoms with E-state index in [0.29, 0.717) is 11.3 Å². The molecule has 1 N–H and O–H groups in total. The van der Waals surface area contributed by atoms with Gasteiger partial charge in [-0.05, 0) is 47.5 Å². The Hall–Kier alpha value is -3.14. The van der Waals surface area contributed by atoms with Gasteiger partial charge >= 0.3 is 5.97 Å². The second-order valence-corrected chi connectivity index (χ2v) is 5.56. The van der Waals surface area contributed by atoms with E-state index >= 15 is 0 Å². The molecule has 0 radical (unpaired) electrons. The van der Waals surface area contributed by atoms with Crippen LogP contribution in [0.1, 0.15) is 15.9 Å². The van der Waals surface area contributed by atoms with Gasteiger partial charge in [0.2, 0.25) is 0 Å². The third-order valence-electron chi connectivity index (χ3n) is 3.62. The molecule has 0 aromatic heterocycles. The van der Waals surface area contributed by atoms with Crippen molar-refractivity contribution in [3.63, 3.8) is 0 Å². The van der Waals surface area contributed by atoms with Crippen molar-refractivity contribution in [1.29, 1.82) is 0 Å². The molecule has 0 fully saturated rings. The Morgan fingerprint density at radius 1 is 0.917 bits per heavy atom. The number of nitrogens with one attached hydrogen (secondary N) is 1. The monoisotopic (exact) mass is 319 g/mol. The molecule has 0 spiro atoms. The molecule has 3 rings (SSSR count). The van der Waals surface area contributed by atoms with Crippen LogP contribution in [-0.4, -0.2) is 18.5 Å². The molecule has 0 unspecified atom stereocenters. The number of benzene rings is 3. The first-order valence-corrected chi connectivity index (χ1v) is 7.64. The van der Waals surface area contributed by atoms with Gasteiger partial charge in [-0.2, -0.15) is 0 Å². The van der Waals surface area contributed by atoms with Crippen LogP contribution >= 0.6 is 0 Å². The van der Waals surface area contributed by atoms with Gasteiger partial charge in [0.05, 0.1) is 5.56 Å². The minimum Gasteiger partial charge on any atom is -0.452 e. The van der Waals surface area contributed by atoms with Crippen molar-refractivity contribution in [1.82, 2.24) is 0 Å². The molecule has 0 atom stereocenters. The first-order chi connectivity index (χ1) is 11.6. The zero-order valence-corrected chi connectivity index (χ0v) is 13.3. The quantitative estimate of drug-likeness (QED) is 0.741. The van der Waals surface area contributed by atoms with E-state index in [1.807, 2.05) is 55.5 Å². The number of ether oxygens (including phenoxy) is 1. The predicted molar refractivity (Wildman–Crippen MR) is 94.0 cm³/mol. The molecule has 0 aliphatic rings. The topological polar surface area (TPSA) is 55.4 Å². The molecule has 3 aromatic carbocycles. The minimum absolute atomic E-state index is 0.320. The summed E-state index contributed by atoms with van der Waals surface area (Å²) in [5.41, 5.74) is 2.15. The molecule has 0 aliphatic carbocycles. The number of carbonyl (C=O) groups is 2. The third-order valence-corrected chi connectivity index (χ3v) is 3.62. The Labute approximate surface area is 140 Å². The summed E-state index contributed by atoms with van der Waals surface area (Å²) in [7, 11) is 0. The van der Waals surface area contributed by atoms with E-state index in [1.165, 1.54) is 0 Å². The standard InChI is InChI=1S/C20H17NO3/c1-14-5-4-8-18(11-14)21-19(22)13-24-20(23)17-10-9-15-6-2-3-7-16(15)12-17/h2-12H,13H2,1H3,(H,21,22). The minimum atomic E-state index is -0.514. The summed E-state index contributed by atoms with van der Waals surface area (Å²) in [5.74, 6) is -0.880. The van der Waals surface area contributed by atoms with Crippen LogP contribution in [0, 0.1) is 6.92 Å². The van der Waals surface area contributed by atoms with E-state index in [-0.39, 0.29) is 12.5 Å². The van der Waals surface area contributed by atoms with Crippen molar-refractivity contribution in [2.75, 3.05) is 11.9 Å². The van der Waals surface area contributed by atoms with Crippen LogP contribution in [0.4, 0.5) is 5.69 Å². The van der Waals surface area contributed by atoms with Crippen LogP contribution in [0.15, 0.2) is 66.7 Å². The lowest BCUT2D eigenvalue weighted by Gasteiger charge is -2.08. The van der Waals surface area contributed by atoms with E-state index in [9.17, 15) is 9.59 Å². The smallest absolute Gasteiger partial charge is 0.338 e. The van der Waals surface area contributed by atoms with Crippen LogP contribution in [0.5, 0.6) is 0 Å². The Morgan fingerprint density at radius 2 is 1.71 bits per heavy atom. The largest absolute Gasteiger partial charge is 0.452 e. The van der Waals surface area contributed by atoms with Crippen LogP contribution < -0.4 is 5.32 Å². The SMILES string of the molecule is Cc1cccc(NC(=O)COC(=O)c2ccc3ccccc3c2)c1. The van der Waals surface area contributed by atoms with E-state index in [0.717, 1.165) is 16.3 Å². The lowest BCUT2D eigenvalue weighted by Crippen LogP contribution is -2.20. The molecule has 4 heteroatoms. The van der Waals surface area contributed by atoms with Crippen molar-refractivity contribution in [3.8, 4) is 0 Å². The molecule has 4 nitrogen and oxygen atoms in total. The molecule has 1 amide bonds. The van der Waals surface area contributed by atoms with Gasteiger partial charge < -0.3 is 10.1 Å². The molecule has 120 valence electrons. The number of anilines is 1. The van der Waals surface area contributed by atoms with Gasteiger partial charge in [0.15, 0.2) is 6.61 Å². The second-order valence-electron chi connectivity index (χ2n) is 5.56. The number of aryl methyl sites for hydroxylation is 1. The van der Waals surface area contributed by atoms with Crippen molar-refractivity contribution in [2.45, 2.75) is 6.92 Å². The summed E-state index contributed by atoms with van der Waals surface area (Å²) in [4.78, 5) is 24.0. The number of hydrogen-bond acceptors (Lipinski definition) is 3. The Balaban J connectivity index is 1.60. The molecule has 0 aliphatic heterocycles. The lowest BCUT2D eigenvalue weighted by molar-refractivity contribution is -0.119. The fourth-order valence-corrected chi connectivity index (χ4v) is 2.45. The van der Waals surface area contributed by atoms with E-state index < -0.39 is 5.97 Å². The summed E-state index contributed by atoms with van der Waals surface area (Å²) >= 11 is 0. The maximum Gasteiger partial charge on any atom is 0.338 e. The number of esters is 1. The van der Waals surface area contributed by atoms with Gasteiger partial charge in [-0.1, -0.05) is 42.5 Å². The van der Waals surface area contributed by atoms with Gasteiger partial charge in [-0.3, -0.25) is 4.79 Å². The Kier molecular flexibility index (Phi) is 4.57. The Bertz CT molecular complexity index is 902. The van der Waals surface area contributed by atoms with Crippen molar-refractivity contribution < 1.29 is 14.3 Å². The molecular weight excluding hydrogens is 302 g/mol. The summed E-state index contributed by atoms with van der Waals surface area (Å²) < 4.78 is 5.09. The number of hydrogen-bond donors (Lipinski definition) is 1. The fraction of sp³-hybridized carbons (Fsp3) is 0.100. The van der Waals surface area contributed by atoms with E-state index in [1.54, 1.807) is 18.2 Å². The van der Waals surface area contributed by atoms with Crippen LogP contribution in [0.3, 0.4) is 0 Å². The highest BCUT2D eigenvalue weighted by atomic mass is 16.5. The molecule has 0 heterocycles. The summed E-state index contributed by atoms with van der Waals surface area (Å²) in [6, 6.07) is 20.5. The highest BCUT2D eigenvalue weighted by Gasteiger charge is 2.11. The van der Waals surface area contributed by atoms with Crippen molar-refractivity contribution >= 4 is 28.3 Å². The van der Waals surface area contributed by atoms with Gasteiger partial charge in [-0.15, -0.1) is 0 Å². The van der Waals surface area contributed by atoms with Crippen molar-refractivity contribution in [3.05, 3.63) is 77.9 Å². The first-order valence-electron chi connectivity index (χ1n) is 7.64. The summed E-state index contributed by atoms with van der Waals surface area (Å²) in [5, 5.41) is 4.71. The zero-order valence-electron chi connectivity index (χ0n) is 13.3. The highest BCUT2D eigenvalue weighted by molar-refractivity contribution is 5.98. The molecular formula is C20H17NO3. The lowest BCUT2D eigenvalue weighted by atomic mass is 10.1.